The van der Waals surface area contributed by atoms with Crippen molar-refractivity contribution in [3.63, 3.8) is 0 Å². The number of rotatable bonds is 2. The lowest BCUT2D eigenvalue weighted by molar-refractivity contribution is 0.0999. The highest BCUT2D eigenvalue weighted by Crippen LogP contribution is 2.29. The van der Waals surface area contributed by atoms with Crippen LogP contribution in [0.4, 0.5) is 4.39 Å². The van der Waals surface area contributed by atoms with Crippen molar-refractivity contribution in [2.75, 3.05) is 0 Å². The van der Waals surface area contributed by atoms with E-state index >= 15 is 0 Å². The van der Waals surface area contributed by atoms with Crippen LogP contribution >= 0.6 is 15.9 Å². The Kier molecular flexibility index (Phi) is 3.26. The first-order valence-electron chi connectivity index (χ1n) is 5.33. The smallest absolute Gasteiger partial charge is 0.250 e. The van der Waals surface area contributed by atoms with Gasteiger partial charge < -0.3 is 10.3 Å². The first-order valence-corrected chi connectivity index (χ1v) is 6.12. The van der Waals surface area contributed by atoms with Gasteiger partial charge in [0.15, 0.2) is 0 Å². The van der Waals surface area contributed by atoms with Crippen molar-refractivity contribution in [1.29, 1.82) is 0 Å². The van der Waals surface area contributed by atoms with Crippen molar-refractivity contribution in [2.45, 2.75) is 6.92 Å². The highest BCUT2D eigenvalue weighted by atomic mass is 79.9. The quantitative estimate of drug-likeness (QED) is 0.910. The molecule has 0 spiro atoms. The molecule has 2 aromatic rings. The van der Waals surface area contributed by atoms with Crippen LogP contribution in [0.3, 0.4) is 0 Å². The van der Waals surface area contributed by atoms with Crippen LogP contribution in [0.25, 0.3) is 11.3 Å². The minimum Gasteiger partial charge on any atom is -0.366 e. The Bertz CT molecular complexity index is 634. The van der Waals surface area contributed by atoms with Crippen molar-refractivity contribution >= 4 is 21.8 Å². The summed E-state index contributed by atoms with van der Waals surface area (Å²) < 4.78 is 16.4. The minimum atomic E-state index is -0.509. The molecule has 0 saturated carbocycles. The van der Waals surface area contributed by atoms with Gasteiger partial charge in [-0.3, -0.25) is 4.79 Å². The molecule has 0 aliphatic rings. The zero-order chi connectivity index (χ0) is 13.4. The first kappa shape index (κ1) is 12.8. The fraction of sp³-hybridized carbons (Fsp3) is 0.154. The van der Waals surface area contributed by atoms with Crippen LogP contribution in [-0.4, -0.2) is 10.5 Å². The number of nitrogens with two attached hydrogens (primary N) is 1. The van der Waals surface area contributed by atoms with E-state index in [0.717, 1.165) is 10.2 Å². The van der Waals surface area contributed by atoms with Crippen molar-refractivity contribution < 1.29 is 9.18 Å². The van der Waals surface area contributed by atoms with Crippen LogP contribution in [0, 0.1) is 12.7 Å². The summed E-state index contributed by atoms with van der Waals surface area (Å²) in [5.74, 6) is -0.848. The molecule has 2 N–H and O–H groups in total. The number of carbonyl (C=O) groups is 1. The van der Waals surface area contributed by atoms with Crippen LogP contribution in [0.5, 0.6) is 0 Å². The lowest BCUT2D eigenvalue weighted by Gasteiger charge is -2.07. The molecule has 0 bridgehead atoms. The Morgan fingerprint density at radius 3 is 2.61 bits per heavy atom. The average Bonchev–Trinajstić information content (AvgIpc) is 2.60. The fourth-order valence-electron chi connectivity index (χ4n) is 1.90. The molecular formula is C13H12BrFN2O. The molecule has 0 aliphatic carbocycles. The van der Waals surface area contributed by atoms with Crippen LogP contribution in [0.15, 0.2) is 28.7 Å². The summed E-state index contributed by atoms with van der Waals surface area (Å²) in [6.07, 6.45) is 0. The van der Waals surface area contributed by atoms with E-state index < -0.39 is 5.91 Å². The molecule has 1 heterocycles. The number of hydrogen-bond donors (Lipinski definition) is 1. The van der Waals surface area contributed by atoms with Gasteiger partial charge in [0.25, 0.3) is 5.91 Å². The van der Waals surface area contributed by atoms with E-state index in [-0.39, 0.29) is 5.82 Å². The van der Waals surface area contributed by atoms with E-state index in [4.69, 9.17) is 5.73 Å². The van der Waals surface area contributed by atoms with Crippen LogP contribution in [0.2, 0.25) is 0 Å². The maximum Gasteiger partial charge on any atom is 0.250 e. The molecule has 2 rings (SSSR count). The topological polar surface area (TPSA) is 48.0 Å². The third kappa shape index (κ3) is 2.06. The number of primary amides is 1. The molecular weight excluding hydrogens is 299 g/mol. The SMILES string of the molecule is Cc1c(C(N)=O)cc(-c2cc(Br)ccc2F)n1C. The Morgan fingerprint density at radius 2 is 2.06 bits per heavy atom. The van der Waals surface area contributed by atoms with Crippen molar-refractivity contribution in [1.82, 2.24) is 4.57 Å². The van der Waals surface area contributed by atoms with E-state index in [1.807, 2.05) is 0 Å². The zero-order valence-corrected chi connectivity index (χ0v) is 11.6. The van der Waals surface area contributed by atoms with E-state index in [1.54, 1.807) is 36.7 Å². The van der Waals surface area contributed by atoms with Gasteiger partial charge in [-0.1, -0.05) is 15.9 Å². The monoisotopic (exact) mass is 310 g/mol. The van der Waals surface area contributed by atoms with Crippen LogP contribution < -0.4 is 5.73 Å². The summed E-state index contributed by atoms with van der Waals surface area (Å²) in [7, 11) is 1.78. The van der Waals surface area contributed by atoms with Gasteiger partial charge in [0.1, 0.15) is 5.82 Å². The van der Waals surface area contributed by atoms with Crippen molar-refractivity contribution in [2.24, 2.45) is 12.8 Å². The Morgan fingerprint density at radius 1 is 1.39 bits per heavy atom. The maximum atomic E-state index is 13.8. The zero-order valence-electron chi connectivity index (χ0n) is 10.00. The van der Waals surface area contributed by atoms with E-state index in [9.17, 15) is 9.18 Å². The highest BCUT2D eigenvalue weighted by Gasteiger charge is 2.16. The molecule has 0 aliphatic heterocycles. The van der Waals surface area contributed by atoms with Gasteiger partial charge in [0, 0.05) is 22.8 Å². The molecule has 5 heteroatoms. The molecule has 1 amide bonds. The standard InChI is InChI=1S/C13H12BrFN2O/c1-7-9(13(16)18)6-12(17(7)2)10-5-8(14)3-4-11(10)15/h3-6H,1-2H3,(H2,16,18). The summed E-state index contributed by atoms with van der Waals surface area (Å²) in [6, 6.07) is 6.30. The molecule has 0 atom stereocenters. The predicted octanol–water partition coefficient (Wildman–Crippen LogP) is 3.00. The van der Waals surface area contributed by atoms with Gasteiger partial charge in [-0.2, -0.15) is 0 Å². The molecule has 0 saturated heterocycles. The van der Waals surface area contributed by atoms with E-state index in [0.29, 0.717) is 16.8 Å². The predicted molar refractivity (Wildman–Crippen MR) is 71.8 cm³/mol. The normalized spacial score (nSPS) is 10.7. The van der Waals surface area contributed by atoms with Gasteiger partial charge in [0.2, 0.25) is 0 Å². The second-order valence-electron chi connectivity index (χ2n) is 4.08. The summed E-state index contributed by atoms with van der Waals surface area (Å²) in [6.45, 7) is 1.78. The summed E-state index contributed by atoms with van der Waals surface area (Å²) in [4.78, 5) is 11.3. The third-order valence-corrected chi connectivity index (χ3v) is 3.50. The Hall–Kier alpha value is -1.62. The lowest BCUT2D eigenvalue weighted by atomic mass is 10.1. The number of aromatic nitrogens is 1. The lowest BCUT2D eigenvalue weighted by Crippen LogP contribution is -2.11. The number of carbonyl (C=O) groups excluding carboxylic acids is 1. The Labute approximate surface area is 113 Å². The molecule has 3 nitrogen and oxygen atoms in total. The number of benzene rings is 1. The molecule has 94 valence electrons. The average molecular weight is 311 g/mol. The highest BCUT2D eigenvalue weighted by molar-refractivity contribution is 9.10. The van der Waals surface area contributed by atoms with Gasteiger partial charge in [0.05, 0.1) is 11.3 Å². The number of hydrogen-bond acceptors (Lipinski definition) is 1. The van der Waals surface area contributed by atoms with E-state index in [1.165, 1.54) is 6.07 Å². The number of amides is 1. The summed E-state index contributed by atoms with van der Waals surface area (Å²) in [5.41, 5.74) is 7.47. The molecule has 0 radical (unpaired) electrons. The van der Waals surface area contributed by atoms with Gasteiger partial charge in [-0.05, 0) is 31.2 Å². The number of nitrogens with zero attached hydrogens (tertiary/aromatic N) is 1. The van der Waals surface area contributed by atoms with Crippen molar-refractivity contribution in [3.05, 3.63) is 45.8 Å². The Balaban J connectivity index is 2.68. The maximum absolute atomic E-state index is 13.8. The largest absolute Gasteiger partial charge is 0.366 e. The van der Waals surface area contributed by atoms with Gasteiger partial charge in [-0.15, -0.1) is 0 Å². The number of halogens is 2. The van der Waals surface area contributed by atoms with Crippen molar-refractivity contribution in [3.8, 4) is 11.3 Å². The van der Waals surface area contributed by atoms with Crippen LogP contribution in [-0.2, 0) is 7.05 Å². The third-order valence-electron chi connectivity index (χ3n) is 3.01. The molecule has 1 aromatic carbocycles. The molecule has 0 fully saturated rings. The molecule has 1 aromatic heterocycles. The summed E-state index contributed by atoms with van der Waals surface area (Å²) >= 11 is 3.30. The van der Waals surface area contributed by atoms with Gasteiger partial charge >= 0.3 is 0 Å². The molecule has 18 heavy (non-hydrogen) atoms. The van der Waals surface area contributed by atoms with E-state index in [2.05, 4.69) is 15.9 Å². The second-order valence-corrected chi connectivity index (χ2v) is 4.99. The molecule has 0 unspecified atom stereocenters. The van der Waals surface area contributed by atoms with Gasteiger partial charge in [-0.25, -0.2) is 4.39 Å². The summed E-state index contributed by atoms with van der Waals surface area (Å²) in [5, 5.41) is 0. The fourth-order valence-corrected chi connectivity index (χ4v) is 2.26. The minimum absolute atomic E-state index is 0.338. The first-order chi connectivity index (χ1) is 8.41. The van der Waals surface area contributed by atoms with Crippen LogP contribution in [0.1, 0.15) is 16.1 Å². The second kappa shape index (κ2) is 4.57.